The van der Waals surface area contributed by atoms with Crippen LogP contribution >= 0.6 is 0 Å². The van der Waals surface area contributed by atoms with E-state index in [0.29, 0.717) is 0 Å². The second kappa shape index (κ2) is 4.20. The Morgan fingerprint density at radius 1 is 1.47 bits per heavy atom. The van der Waals surface area contributed by atoms with Gasteiger partial charge in [0, 0.05) is 11.7 Å². The van der Waals surface area contributed by atoms with Gasteiger partial charge in [-0.05, 0) is 30.9 Å². The van der Waals surface area contributed by atoms with Crippen molar-refractivity contribution in [2.75, 3.05) is 0 Å². The first-order valence-electron chi connectivity index (χ1n) is 4.96. The number of hydrogen-bond donors (Lipinski definition) is 2. The van der Waals surface area contributed by atoms with Crippen LogP contribution in [0.3, 0.4) is 0 Å². The highest BCUT2D eigenvalue weighted by Gasteiger charge is 2.21. The van der Waals surface area contributed by atoms with Crippen molar-refractivity contribution in [2.24, 2.45) is 5.84 Å². The van der Waals surface area contributed by atoms with E-state index in [1.165, 1.54) is 6.07 Å². The quantitative estimate of drug-likeness (QED) is 0.582. The van der Waals surface area contributed by atoms with Crippen LogP contribution < -0.4 is 11.3 Å². The number of pyridine rings is 1. The molecule has 3 N–H and O–H groups in total. The lowest BCUT2D eigenvalue weighted by Gasteiger charge is -2.24. The van der Waals surface area contributed by atoms with E-state index >= 15 is 0 Å². The second-order valence-electron chi connectivity index (χ2n) is 3.68. The summed E-state index contributed by atoms with van der Waals surface area (Å²) in [5.74, 6) is 5.39. The lowest BCUT2D eigenvalue weighted by atomic mass is 9.91. The molecule has 0 saturated heterocycles. The number of alkyl halides is 2. The van der Waals surface area contributed by atoms with E-state index in [0.717, 1.165) is 30.5 Å². The van der Waals surface area contributed by atoms with Crippen LogP contribution in [-0.4, -0.2) is 4.98 Å². The Hall–Kier alpha value is -1.07. The Balaban J connectivity index is 2.36. The summed E-state index contributed by atoms with van der Waals surface area (Å²) in [5, 5.41) is 0. The maximum absolute atomic E-state index is 12.4. The van der Waals surface area contributed by atoms with E-state index in [4.69, 9.17) is 5.84 Å². The molecule has 15 heavy (non-hydrogen) atoms. The minimum Gasteiger partial charge on any atom is -0.271 e. The van der Waals surface area contributed by atoms with Gasteiger partial charge in [-0.2, -0.15) is 0 Å². The molecule has 0 amide bonds. The van der Waals surface area contributed by atoms with Crippen LogP contribution in [0.1, 0.15) is 42.3 Å². The summed E-state index contributed by atoms with van der Waals surface area (Å²) in [6.45, 7) is 0. The first kappa shape index (κ1) is 10.4. The molecular formula is C10H13F2N3. The summed E-state index contributed by atoms with van der Waals surface area (Å²) in [6, 6.07) is 3.13. The van der Waals surface area contributed by atoms with Gasteiger partial charge in [0.1, 0.15) is 5.69 Å². The van der Waals surface area contributed by atoms with Crippen LogP contribution in [0.5, 0.6) is 0 Å². The molecule has 3 nitrogen and oxygen atoms in total. The van der Waals surface area contributed by atoms with E-state index in [9.17, 15) is 8.78 Å². The Morgan fingerprint density at radius 3 is 2.93 bits per heavy atom. The first-order chi connectivity index (χ1) is 7.22. The van der Waals surface area contributed by atoms with Crippen LogP contribution in [-0.2, 0) is 6.42 Å². The molecule has 0 unspecified atom stereocenters. The third-order valence-corrected chi connectivity index (χ3v) is 2.74. The minimum atomic E-state index is -2.50. The topological polar surface area (TPSA) is 50.9 Å². The summed E-state index contributed by atoms with van der Waals surface area (Å²) >= 11 is 0. The molecule has 1 aromatic rings. The Morgan fingerprint density at radius 2 is 2.27 bits per heavy atom. The lowest BCUT2D eigenvalue weighted by Crippen LogP contribution is -2.31. The Kier molecular flexibility index (Phi) is 2.93. The highest BCUT2D eigenvalue weighted by molar-refractivity contribution is 5.28. The number of aryl methyl sites for hydroxylation is 1. The normalized spacial score (nSPS) is 20.4. The minimum absolute atomic E-state index is 0.0490. The van der Waals surface area contributed by atoms with Gasteiger partial charge in [-0.25, -0.2) is 8.78 Å². The van der Waals surface area contributed by atoms with Gasteiger partial charge in [-0.15, -0.1) is 0 Å². The number of nitrogens with two attached hydrogens (primary N) is 1. The molecule has 1 aromatic heterocycles. The zero-order valence-corrected chi connectivity index (χ0v) is 8.21. The smallest absolute Gasteiger partial charge is 0.271 e. The van der Waals surface area contributed by atoms with E-state index in [-0.39, 0.29) is 11.7 Å². The number of nitrogens with one attached hydrogen (secondary N) is 1. The maximum Gasteiger partial charge on any atom is 0.280 e. The van der Waals surface area contributed by atoms with Crippen LogP contribution in [0.25, 0.3) is 0 Å². The molecule has 0 bridgehead atoms. The highest BCUT2D eigenvalue weighted by Crippen LogP contribution is 2.29. The fourth-order valence-electron chi connectivity index (χ4n) is 1.97. The molecule has 0 spiro atoms. The first-order valence-corrected chi connectivity index (χ1v) is 4.96. The summed E-state index contributed by atoms with van der Waals surface area (Å²) in [4.78, 5) is 3.97. The average molecular weight is 213 g/mol. The molecule has 1 aliphatic rings. The number of hydrogen-bond acceptors (Lipinski definition) is 3. The van der Waals surface area contributed by atoms with E-state index in [2.05, 4.69) is 10.4 Å². The van der Waals surface area contributed by atoms with Crippen molar-refractivity contribution >= 4 is 0 Å². The molecule has 1 atom stereocenters. The predicted octanol–water partition coefficient (Wildman–Crippen LogP) is 1.86. The standard InChI is InChI=1S/C10H13F2N3/c11-10(12)9-5-4-6-7(14-9)2-1-3-8(6)15-13/h4-5,8,10,15H,1-3,13H2/t8-/m1/s1. The van der Waals surface area contributed by atoms with Gasteiger partial charge >= 0.3 is 0 Å². The molecule has 0 aliphatic heterocycles. The maximum atomic E-state index is 12.4. The fourth-order valence-corrected chi connectivity index (χ4v) is 1.97. The number of fused-ring (bicyclic) bond motifs is 1. The van der Waals surface area contributed by atoms with Gasteiger partial charge in [0.2, 0.25) is 0 Å². The van der Waals surface area contributed by atoms with Gasteiger partial charge in [-0.1, -0.05) is 6.07 Å². The van der Waals surface area contributed by atoms with E-state index in [1.54, 1.807) is 6.07 Å². The summed E-state index contributed by atoms with van der Waals surface area (Å²) in [6.07, 6.45) is 0.121. The van der Waals surface area contributed by atoms with Crippen molar-refractivity contribution in [3.63, 3.8) is 0 Å². The molecule has 1 heterocycles. The van der Waals surface area contributed by atoms with Crippen molar-refractivity contribution in [3.05, 3.63) is 29.1 Å². The zero-order valence-electron chi connectivity index (χ0n) is 8.21. The van der Waals surface area contributed by atoms with Crippen molar-refractivity contribution in [1.82, 2.24) is 10.4 Å². The number of halogens is 2. The number of aromatic nitrogens is 1. The monoisotopic (exact) mass is 213 g/mol. The molecule has 5 heteroatoms. The van der Waals surface area contributed by atoms with Crippen molar-refractivity contribution in [3.8, 4) is 0 Å². The number of nitrogens with zero attached hydrogens (tertiary/aromatic N) is 1. The van der Waals surface area contributed by atoms with Gasteiger partial charge < -0.3 is 0 Å². The fraction of sp³-hybridized carbons (Fsp3) is 0.500. The Bertz CT molecular complexity index is 355. The van der Waals surface area contributed by atoms with Crippen LogP contribution in [0, 0.1) is 0 Å². The van der Waals surface area contributed by atoms with E-state index < -0.39 is 6.43 Å². The van der Waals surface area contributed by atoms with Crippen LogP contribution in [0.15, 0.2) is 12.1 Å². The molecular weight excluding hydrogens is 200 g/mol. The van der Waals surface area contributed by atoms with Gasteiger partial charge in [0.15, 0.2) is 0 Å². The number of hydrazine groups is 1. The third-order valence-electron chi connectivity index (χ3n) is 2.74. The largest absolute Gasteiger partial charge is 0.280 e. The predicted molar refractivity (Wildman–Crippen MR) is 52.2 cm³/mol. The molecule has 0 radical (unpaired) electrons. The molecule has 0 fully saturated rings. The summed E-state index contributed by atoms with van der Waals surface area (Å²) in [5.41, 5.74) is 4.24. The highest BCUT2D eigenvalue weighted by atomic mass is 19.3. The summed E-state index contributed by atoms with van der Waals surface area (Å²) in [7, 11) is 0. The molecule has 1 aliphatic carbocycles. The van der Waals surface area contributed by atoms with Crippen LogP contribution in [0.2, 0.25) is 0 Å². The molecule has 2 rings (SSSR count). The Labute approximate surface area is 86.7 Å². The van der Waals surface area contributed by atoms with Gasteiger partial charge in [0.05, 0.1) is 0 Å². The molecule has 0 aromatic carbocycles. The SMILES string of the molecule is NN[C@@H]1CCCc2nc(C(F)F)ccc21. The lowest BCUT2D eigenvalue weighted by molar-refractivity contribution is 0.145. The third kappa shape index (κ3) is 1.98. The molecule has 0 saturated carbocycles. The van der Waals surface area contributed by atoms with Crippen LogP contribution in [0.4, 0.5) is 8.78 Å². The molecule has 82 valence electrons. The van der Waals surface area contributed by atoms with Gasteiger partial charge in [-0.3, -0.25) is 16.3 Å². The number of rotatable bonds is 2. The summed E-state index contributed by atoms with van der Waals surface area (Å²) < 4.78 is 24.8. The van der Waals surface area contributed by atoms with Crippen molar-refractivity contribution in [2.45, 2.75) is 31.7 Å². The second-order valence-corrected chi connectivity index (χ2v) is 3.68. The van der Waals surface area contributed by atoms with E-state index in [1.807, 2.05) is 0 Å². The van der Waals surface area contributed by atoms with Crippen molar-refractivity contribution < 1.29 is 8.78 Å². The van der Waals surface area contributed by atoms with Crippen molar-refractivity contribution in [1.29, 1.82) is 0 Å². The average Bonchev–Trinajstić information content (AvgIpc) is 2.27. The zero-order chi connectivity index (χ0) is 10.8. The van der Waals surface area contributed by atoms with Gasteiger partial charge in [0.25, 0.3) is 6.43 Å².